The summed E-state index contributed by atoms with van der Waals surface area (Å²) in [6, 6.07) is 20.8. The second-order valence-corrected chi connectivity index (χ2v) is 7.15. The summed E-state index contributed by atoms with van der Waals surface area (Å²) in [5.41, 5.74) is 4.79. The Labute approximate surface area is 179 Å². The second kappa shape index (κ2) is 8.34. The number of amides is 1. The third-order valence-corrected chi connectivity index (χ3v) is 4.93. The lowest BCUT2D eigenvalue weighted by Gasteiger charge is -2.14. The van der Waals surface area contributed by atoms with Gasteiger partial charge in [-0.25, -0.2) is 4.98 Å². The number of fused-ring (bicyclic) bond motifs is 1. The van der Waals surface area contributed by atoms with Gasteiger partial charge in [0.15, 0.2) is 5.11 Å². The largest absolute Gasteiger partial charge is 0.495 e. The van der Waals surface area contributed by atoms with Crippen molar-refractivity contribution in [2.24, 2.45) is 0 Å². The average molecular weight is 417 g/mol. The molecule has 1 aromatic heterocycles. The first kappa shape index (κ1) is 19.6. The predicted octanol–water partition coefficient (Wildman–Crippen LogP) is 4.67. The van der Waals surface area contributed by atoms with Crippen molar-refractivity contribution >= 4 is 40.0 Å². The van der Waals surface area contributed by atoms with Gasteiger partial charge in [-0.2, -0.15) is 0 Å². The van der Waals surface area contributed by atoms with Crippen LogP contribution in [0.15, 0.2) is 66.7 Å². The summed E-state index contributed by atoms with van der Waals surface area (Å²) in [5.74, 6) is 1.07. The number of hydrogen-bond donors (Lipinski definition) is 3. The van der Waals surface area contributed by atoms with Gasteiger partial charge in [0.05, 0.1) is 23.8 Å². The van der Waals surface area contributed by atoms with Gasteiger partial charge in [0, 0.05) is 11.1 Å². The lowest BCUT2D eigenvalue weighted by Crippen LogP contribution is -2.34. The number of anilines is 1. The number of para-hydroxylation sites is 2. The van der Waals surface area contributed by atoms with Crippen molar-refractivity contribution in [2.45, 2.75) is 6.92 Å². The normalized spacial score (nSPS) is 10.6. The van der Waals surface area contributed by atoms with E-state index in [1.807, 2.05) is 67.6 Å². The minimum atomic E-state index is -0.266. The zero-order valence-corrected chi connectivity index (χ0v) is 17.3. The van der Waals surface area contributed by atoms with Gasteiger partial charge < -0.3 is 15.0 Å². The molecule has 0 spiro atoms. The van der Waals surface area contributed by atoms with E-state index in [2.05, 4.69) is 20.6 Å². The molecule has 3 aromatic carbocycles. The van der Waals surface area contributed by atoms with Crippen molar-refractivity contribution < 1.29 is 9.53 Å². The summed E-state index contributed by atoms with van der Waals surface area (Å²) in [4.78, 5) is 20.5. The summed E-state index contributed by atoms with van der Waals surface area (Å²) >= 11 is 5.35. The zero-order chi connectivity index (χ0) is 21.1. The van der Waals surface area contributed by atoms with Gasteiger partial charge in [-0.15, -0.1) is 0 Å². The lowest BCUT2D eigenvalue weighted by atomic mass is 10.1. The van der Waals surface area contributed by atoms with Gasteiger partial charge >= 0.3 is 0 Å². The van der Waals surface area contributed by atoms with Crippen LogP contribution in [0.2, 0.25) is 0 Å². The number of nitrogens with zero attached hydrogens (tertiary/aromatic N) is 1. The smallest absolute Gasteiger partial charge is 0.257 e. The fraction of sp³-hybridized carbons (Fsp3) is 0.0870. The van der Waals surface area contributed by atoms with Crippen LogP contribution in [0.5, 0.6) is 5.75 Å². The highest BCUT2D eigenvalue weighted by Gasteiger charge is 2.13. The molecule has 4 aromatic rings. The van der Waals surface area contributed by atoms with Crippen LogP contribution in [0, 0.1) is 6.92 Å². The molecule has 6 nitrogen and oxygen atoms in total. The van der Waals surface area contributed by atoms with Gasteiger partial charge in [0.1, 0.15) is 11.6 Å². The van der Waals surface area contributed by atoms with Crippen LogP contribution in [0.3, 0.4) is 0 Å². The van der Waals surface area contributed by atoms with Gasteiger partial charge in [-0.1, -0.05) is 30.3 Å². The summed E-state index contributed by atoms with van der Waals surface area (Å²) in [6.07, 6.45) is 0. The second-order valence-electron chi connectivity index (χ2n) is 6.74. The topological polar surface area (TPSA) is 79.0 Å². The van der Waals surface area contributed by atoms with Crippen LogP contribution < -0.4 is 15.4 Å². The van der Waals surface area contributed by atoms with E-state index in [0.29, 0.717) is 17.0 Å². The number of imidazole rings is 1. The van der Waals surface area contributed by atoms with E-state index in [4.69, 9.17) is 17.0 Å². The van der Waals surface area contributed by atoms with Crippen LogP contribution in [-0.4, -0.2) is 28.1 Å². The highest BCUT2D eigenvalue weighted by atomic mass is 32.1. The number of hydrogen-bond acceptors (Lipinski definition) is 4. The quantitative estimate of drug-likeness (QED) is 0.421. The minimum absolute atomic E-state index is 0.184. The molecule has 0 unspecified atom stereocenters. The molecule has 4 rings (SSSR count). The molecule has 0 aliphatic carbocycles. The fourth-order valence-electron chi connectivity index (χ4n) is 3.19. The molecule has 3 N–H and O–H groups in total. The molecule has 0 fully saturated rings. The number of methoxy groups -OCH3 is 1. The first-order valence-corrected chi connectivity index (χ1v) is 9.77. The Balaban J connectivity index is 1.57. The number of aromatic nitrogens is 2. The molecule has 1 heterocycles. The SMILES string of the molecule is COc1ccc(-c2nc3ccccc3[nH]2)cc1NC(=S)NC(=O)c1ccccc1C. The Kier molecular flexibility index (Phi) is 5.45. The molecule has 0 radical (unpaired) electrons. The molecule has 7 heteroatoms. The molecule has 0 saturated heterocycles. The average Bonchev–Trinajstić information content (AvgIpc) is 3.18. The number of carbonyl (C=O) groups is 1. The van der Waals surface area contributed by atoms with E-state index in [1.54, 1.807) is 13.2 Å². The highest BCUT2D eigenvalue weighted by molar-refractivity contribution is 7.80. The maximum Gasteiger partial charge on any atom is 0.257 e. The molecular weight excluding hydrogens is 396 g/mol. The van der Waals surface area contributed by atoms with Crippen molar-refractivity contribution in [3.05, 3.63) is 77.9 Å². The molecule has 0 aliphatic rings. The lowest BCUT2D eigenvalue weighted by molar-refractivity contribution is 0.0977. The number of nitrogens with one attached hydrogen (secondary N) is 3. The van der Waals surface area contributed by atoms with Gasteiger partial charge in [0.2, 0.25) is 0 Å². The summed E-state index contributed by atoms with van der Waals surface area (Å²) in [5, 5.41) is 5.96. The number of ether oxygens (including phenoxy) is 1. The summed E-state index contributed by atoms with van der Waals surface area (Å²) in [6.45, 7) is 1.88. The Hall–Kier alpha value is -3.71. The van der Waals surface area contributed by atoms with E-state index < -0.39 is 0 Å². The number of thiocarbonyl (C=S) groups is 1. The Morgan fingerprint density at radius 2 is 1.83 bits per heavy atom. The van der Waals surface area contributed by atoms with Crippen LogP contribution in [0.1, 0.15) is 15.9 Å². The number of H-pyrrole nitrogens is 1. The van der Waals surface area contributed by atoms with Crippen LogP contribution >= 0.6 is 12.2 Å². The van der Waals surface area contributed by atoms with E-state index in [0.717, 1.165) is 28.0 Å². The van der Waals surface area contributed by atoms with Crippen LogP contribution in [-0.2, 0) is 0 Å². The van der Waals surface area contributed by atoms with Crippen molar-refractivity contribution in [3.63, 3.8) is 0 Å². The van der Waals surface area contributed by atoms with E-state index in [-0.39, 0.29) is 11.0 Å². The Bertz CT molecular complexity index is 1220. The maximum absolute atomic E-state index is 12.5. The molecule has 0 atom stereocenters. The molecule has 30 heavy (non-hydrogen) atoms. The van der Waals surface area contributed by atoms with E-state index in [9.17, 15) is 4.79 Å². The van der Waals surface area contributed by atoms with Crippen molar-refractivity contribution in [3.8, 4) is 17.1 Å². The Morgan fingerprint density at radius 3 is 2.60 bits per heavy atom. The Morgan fingerprint density at radius 1 is 1.07 bits per heavy atom. The monoisotopic (exact) mass is 416 g/mol. The highest BCUT2D eigenvalue weighted by Crippen LogP contribution is 2.30. The number of aryl methyl sites for hydroxylation is 1. The van der Waals surface area contributed by atoms with E-state index >= 15 is 0 Å². The van der Waals surface area contributed by atoms with Crippen molar-refractivity contribution in [1.29, 1.82) is 0 Å². The third-order valence-electron chi connectivity index (χ3n) is 4.73. The van der Waals surface area contributed by atoms with Crippen molar-refractivity contribution in [1.82, 2.24) is 15.3 Å². The maximum atomic E-state index is 12.5. The first-order valence-electron chi connectivity index (χ1n) is 9.36. The predicted molar refractivity (Wildman–Crippen MR) is 123 cm³/mol. The number of benzene rings is 3. The number of rotatable bonds is 4. The minimum Gasteiger partial charge on any atom is -0.495 e. The van der Waals surface area contributed by atoms with E-state index in [1.165, 1.54) is 0 Å². The molecule has 0 bridgehead atoms. The standard InChI is InChI=1S/C23H20N4O2S/c1-14-7-3-4-8-16(14)22(28)27-23(30)26-19-13-15(11-12-20(19)29-2)21-24-17-9-5-6-10-18(17)25-21/h3-13H,1-2H3,(H,24,25)(H2,26,27,28,30). The fourth-order valence-corrected chi connectivity index (χ4v) is 3.40. The molecule has 0 saturated carbocycles. The van der Waals surface area contributed by atoms with Gasteiger partial charge in [0.25, 0.3) is 5.91 Å². The summed E-state index contributed by atoms with van der Waals surface area (Å²) < 4.78 is 5.44. The number of carbonyl (C=O) groups excluding carboxylic acids is 1. The zero-order valence-electron chi connectivity index (χ0n) is 16.5. The van der Waals surface area contributed by atoms with Crippen LogP contribution in [0.25, 0.3) is 22.4 Å². The van der Waals surface area contributed by atoms with Gasteiger partial charge in [-0.05, 0) is 61.1 Å². The van der Waals surface area contributed by atoms with Crippen molar-refractivity contribution in [2.75, 3.05) is 12.4 Å². The first-order chi connectivity index (χ1) is 14.5. The molecule has 0 aliphatic heterocycles. The van der Waals surface area contributed by atoms with Crippen LogP contribution in [0.4, 0.5) is 5.69 Å². The third kappa shape index (κ3) is 4.01. The summed E-state index contributed by atoms with van der Waals surface area (Å²) in [7, 11) is 1.58. The molecular formula is C23H20N4O2S. The number of aromatic amines is 1. The molecule has 1 amide bonds. The van der Waals surface area contributed by atoms with Gasteiger partial charge in [-0.3, -0.25) is 10.1 Å². The molecule has 150 valence electrons.